The zero-order valence-electron chi connectivity index (χ0n) is 10.3. The van der Waals surface area contributed by atoms with Gasteiger partial charge >= 0.3 is 5.97 Å². The fourth-order valence-corrected chi connectivity index (χ4v) is 2.21. The van der Waals surface area contributed by atoms with Crippen LogP contribution in [0.25, 0.3) is 5.65 Å². The Morgan fingerprint density at radius 3 is 2.80 bits per heavy atom. The van der Waals surface area contributed by atoms with Crippen LogP contribution >= 0.6 is 11.6 Å². The van der Waals surface area contributed by atoms with Gasteiger partial charge < -0.3 is 5.11 Å². The molecule has 0 fully saturated rings. The molecule has 3 rings (SSSR count). The maximum Gasteiger partial charge on any atom is 0.335 e. The molecule has 2 heterocycles. The molecule has 6 heteroatoms. The van der Waals surface area contributed by atoms with Gasteiger partial charge in [0.1, 0.15) is 5.82 Å². The Labute approximate surface area is 119 Å². The monoisotopic (exact) mass is 287 g/mol. The molecule has 3 aromatic rings. The largest absolute Gasteiger partial charge is 0.478 e. The third kappa shape index (κ3) is 2.23. The number of hydrogen-bond acceptors (Lipinski definition) is 3. The summed E-state index contributed by atoms with van der Waals surface area (Å²) in [5.41, 5.74) is 1.65. The van der Waals surface area contributed by atoms with E-state index in [9.17, 15) is 4.79 Å². The number of carboxylic acids is 1. The minimum absolute atomic E-state index is 0.189. The molecule has 1 aromatic carbocycles. The molecule has 0 saturated heterocycles. The molecule has 0 saturated carbocycles. The Kier molecular flexibility index (Phi) is 3.12. The standard InChI is InChI=1S/C14H10ClN3O2/c15-11-4-2-1-3-9(11)7-12-16-17-13-8-10(14(19)20)5-6-18(12)13/h1-6,8H,7H2,(H,19,20). The van der Waals surface area contributed by atoms with Crippen LogP contribution in [0.4, 0.5) is 0 Å². The molecule has 100 valence electrons. The lowest BCUT2D eigenvalue weighted by Gasteiger charge is -2.03. The number of halogens is 1. The number of aromatic carboxylic acids is 1. The summed E-state index contributed by atoms with van der Waals surface area (Å²) in [6, 6.07) is 10.5. The van der Waals surface area contributed by atoms with Gasteiger partial charge in [-0.15, -0.1) is 10.2 Å². The van der Waals surface area contributed by atoms with Gasteiger partial charge in [0.05, 0.1) is 5.56 Å². The summed E-state index contributed by atoms with van der Waals surface area (Å²) < 4.78 is 1.76. The van der Waals surface area contributed by atoms with Gasteiger partial charge in [-0.2, -0.15) is 0 Å². The molecule has 5 nitrogen and oxygen atoms in total. The molecule has 20 heavy (non-hydrogen) atoms. The van der Waals surface area contributed by atoms with Crippen molar-refractivity contribution in [3.8, 4) is 0 Å². The van der Waals surface area contributed by atoms with Crippen molar-refractivity contribution in [1.82, 2.24) is 14.6 Å². The summed E-state index contributed by atoms with van der Waals surface area (Å²) >= 11 is 6.12. The first-order chi connectivity index (χ1) is 9.65. The van der Waals surface area contributed by atoms with E-state index in [1.807, 2.05) is 24.3 Å². The summed E-state index contributed by atoms with van der Waals surface area (Å²) in [6.07, 6.45) is 2.19. The van der Waals surface area contributed by atoms with Gasteiger partial charge in [-0.05, 0) is 23.8 Å². The molecule has 0 bridgehead atoms. The highest BCUT2D eigenvalue weighted by Gasteiger charge is 2.10. The topological polar surface area (TPSA) is 67.5 Å². The molecule has 0 radical (unpaired) electrons. The van der Waals surface area contributed by atoms with Crippen LogP contribution in [0.15, 0.2) is 42.6 Å². The van der Waals surface area contributed by atoms with E-state index in [1.165, 1.54) is 12.1 Å². The van der Waals surface area contributed by atoms with Gasteiger partial charge in [-0.3, -0.25) is 4.40 Å². The van der Waals surface area contributed by atoms with E-state index in [1.54, 1.807) is 10.6 Å². The fourth-order valence-electron chi connectivity index (χ4n) is 2.01. The maximum atomic E-state index is 10.9. The first-order valence-electron chi connectivity index (χ1n) is 5.95. The molecular weight excluding hydrogens is 278 g/mol. The summed E-state index contributed by atoms with van der Waals surface area (Å²) in [7, 11) is 0. The second-order valence-electron chi connectivity index (χ2n) is 4.33. The molecule has 0 aliphatic rings. The smallest absolute Gasteiger partial charge is 0.335 e. The summed E-state index contributed by atoms with van der Waals surface area (Å²) in [5, 5.41) is 17.7. The predicted molar refractivity (Wildman–Crippen MR) is 74.2 cm³/mol. The number of carbonyl (C=O) groups is 1. The lowest BCUT2D eigenvalue weighted by Crippen LogP contribution is -2.00. The summed E-state index contributed by atoms with van der Waals surface area (Å²) in [5.74, 6) is -0.270. The summed E-state index contributed by atoms with van der Waals surface area (Å²) in [6.45, 7) is 0. The highest BCUT2D eigenvalue weighted by molar-refractivity contribution is 6.31. The molecule has 1 N–H and O–H groups in total. The average Bonchev–Trinajstić information content (AvgIpc) is 2.84. The highest BCUT2D eigenvalue weighted by Crippen LogP contribution is 2.18. The lowest BCUT2D eigenvalue weighted by atomic mass is 10.1. The number of hydrogen-bond donors (Lipinski definition) is 1. The van der Waals surface area contributed by atoms with Crippen LogP contribution < -0.4 is 0 Å². The Morgan fingerprint density at radius 1 is 1.25 bits per heavy atom. The first-order valence-corrected chi connectivity index (χ1v) is 6.33. The summed E-state index contributed by atoms with van der Waals surface area (Å²) in [4.78, 5) is 10.9. The van der Waals surface area contributed by atoms with Crippen molar-refractivity contribution < 1.29 is 9.90 Å². The van der Waals surface area contributed by atoms with Crippen LogP contribution in [0.5, 0.6) is 0 Å². The number of aromatic nitrogens is 3. The van der Waals surface area contributed by atoms with Crippen molar-refractivity contribution in [1.29, 1.82) is 0 Å². The van der Waals surface area contributed by atoms with Crippen molar-refractivity contribution >= 4 is 23.2 Å². The van der Waals surface area contributed by atoms with Gasteiger partial charge in [-0.25, -0.2) is 4.79 Å². The van der Waals surface area contributed by atoms with Gasteiger partial charge in [0.15, 0.2) is 5.65 Å². The maximum absolute atomic E-state index is 10.9. The Balaban J connectivity index is 2.01. The second kappa shape index (κ2) is 4.94. The third-order valence-electron chi connectivity index (χ3n) is 3.03. The number of rotatable bonds is 3. The van der Waals surface area contributed by atoms with Gasteiger partial charge in [0.25, 0.3) is 0 Å². The molecular formula is C14H10ClN3O2. The molecule has 0 aliphatic heterocycles. The molecule has 2 aromatic heterocycles. The van der Waals surface area contributed by atoms with E-state index in [-0.39, 0.29) is 5.56 Å². The first kappa shape index (κ1) is 12.6. The van der Waals surface area contributed by atoms with E-state index in [0.717, 1.165) is 5.56 Å². The van der Waals surface area contributed by atoms with Crippen molar-refractivity contribution in [2.45, 2.75) is 6.42 Å². The van der Waals surface area contributed by atoms with Gasteiger partial charge in [0, 0.05) is 17.6 Å². The van der Waals surface area contributed by atoms with Crippen LogP contribution in [0.1, 0.15) is 21.7 Å². The van der Waals surface area contributed by atoms with Crippen LogP contribution in [0.3, 0.4) is 0 Å². The Hall–Kier alpha value is -2.40. The lowest BCUT2D eigenvalue weighted by molar-refractivity contribution is 0.0697. The van der Waals surface area contributed by atoms with Crippen LogP contribution in [0.2, 0.25) is 5.02 Å². The number of fused-ring (bicyclic) bond motifs is 1. The van der Waals surface area contributed by atoms with Gasteiger partial charge in [0.2, 0.25) is 0 Å². The van der Waals surface area contributed by atoms with E-state index < -0.39 is 5.97 Å². The van der Waals surface area contributed by atoms with Crippen LogP contribution in [-0.4, -0.2) is 25.7 Å². The third-order valence-corrected chi connectivity index (χ3v) is 3.40. The SMILES string of the molecule is O=C(O)c1ccn2c(Cc3ccccc3Cl)nnc2c1. The molecule has 0 atom stereocenters. The second-order valence-corrected chi connectivity index (χ2v) is 4.74. The van der Waals surface area contributed by atoms with E-state index in [2.05, 4.69) is 10.2 Å². The zero-order valence-corrected chi connectivity index (χ0v) is 11.1. The van der Waals surface area contributed by atoms with Gasteiger partial charge in [-0.1, -0.05) is 29.8 Å². The minimum atomic E-state index is -0.983. The highest BCUT2D eigenvalue weighted by atomic mass is 35.5. The number of nitrogens with zero attached hydrogens (tertiary/aromatic N) is 3. The molecule has 0 spiro atoms. The number of benzene rings is 1. The molecule has 0 unspecified atom stereocenters. The number of pyridine rings is 1. The average molecular weight is 288 g/mol. The van der Waals surface area contributed by atoms with E-state index in [0.29, 0.717) is 22.9 Å². The number of carboxylic acid groups (broad SMARTS) is 1. The van der Waals surface area contributed by atoms with Crippen molar-refractivity contribution in [2.24, 2.45) is 0 Å². The van der Waals surface area contributed by atoms with Crippen molar-refractivity contribution in [3.63, 3.8) is 0 Å². The fraction of sp³-hybridized carbons (Fsp3) is 0.0714. The zero-order chi connectivity index (χ0) is 14.1. The molecule has 0 amide bonds. The Bertz CT molecular complexity index is 798. The van der Waals surface area contributed by atoms with E-state index in [4.69, 9.17) is 16.7 Å². The van der Waals surface area contributed by atoms with E-state index >= 15 is 0 Å². The quantitative estimate of drug-likeness (QED) is 0.804. The predicted octanol–water partition coefficient (Wildman–Crippen LogP) is 2.67. The van der Waals surface area contributed by atoms with Crippen LogP contribution in [0, 0.1) is 0 Å². The van der Waals surface area contributed by atoms with Crippen molar-refractivity contribution in [3.05, 3.63) is 64.6 Å². The molecule has 0 aliphatic carbocycles. The Morgan fingerprint density at radius 2 is 2.05 bits per heavy atom. The van der Waals surface area contributed by atoms with Crippen molar-refractivity contribution in [2.75, 3.05) is 0 Å². The minimum Gasteiger partial charge on any atom is -0.478 e. The van der Waals surface area contributed by atoms with Crippen LogP contribution in [-0.2, 0) is 6.42 Å². The normalized spacial score (nSPS) is 10.8.